The number of piperidine rings is 1. The number of carbonyl (C=O) groups is 1. The van der Waals surface area contributed by atoms with Crippen LogP contribution in [0.3, 0.4) is 0 Å². The molecule has 1 aromatic rings. The summed E-state index contributed by atoms with van der Waals surface area (Å²) in [5.41, 5.74) is 5.26. The second-order valence-electron chi connectivity index (χ2n) is 4.68. The molecule has 0 unspecified atom stereocenters. The van der Waals surface area contributed by atoms with Crippen LogP contribution >= 0.6 is 23.2 Å². The summed E-state index contributed by atoms with van der Waals surface area (Å²) >= 11 is 11.8. The zero-order chi connectivity index (χ0) is 14.9. The molecule has 1 aliphatic rings. The highest BCUT2D eigenvalue weighted by atomic mass is 35.5. The van der Waals surface area contributed by atoms with E-state index in [0.717, 1.165) is 0 Å². The molecule has 1 aromatic carbocycles. The van der Waals surface area contributed by atoms with Crippen molar-refractivity contribution in [3.63, 3.8) is 0 Å². The Morgan fingerprint density at radius 2 is 2.05 bits per heavy atom. The maximum absolute atomic E-state index is 12.6. The van der Waals surface area contributed by atoms with Gasteiger partial charge in [-0.3, -0.25) is 4.79 Å². The van der Waals surface area contributed by atoms with Gasteiger partial charge in [0.15, 0.2) is 0 Å². The molecule has 1 atom stereocenters. The fraction of sp³-hybridized carbons (Fsp3) is 0.417. The average molecular weight is 337 g/mol. The highest BCUT2D eigenvalue weighted by Crippen LogP contribution is 2.30. The average Bonchev–Trinajstić information content (AvgIpc) is 2.41. The van der Waals surface area contributed by atoms with Crippen molar-refractivity contribution in [2.75, 3.05) is 13.1 Å². The molecule has 0 radical (unpaired) electrons. The number of sulfonamides is 1. The van der Waals surface area contributed by atoms with Gasteiger partial charge in [-0.15, -0.1) is 0 Å². The number of rotatable bonds is 3. The van der Waals surface area contributed by atoms with E-state index in [0.29, 0.717) is 19.4 Å². The third kappa shape index (κ3) is 3.09. The van der Waals surface area contributed by atoms with Crippen LogP contribution in [0.25, 0.3) is 0 Å². The molecule has 0 bridgehead atoms. The van der Waals surface area contributed by atoms with Crippen molar-refractivity contribution in [2.24, 2.45) is 11.7 Å². The Morgan fingerprint density at radius 1 is 1.35 bits per heavy atom. The molecule has 8 heteroatoms. The van der Waals surface area contributed by atoms with E-state index in [1.54, 1.807) is 0 Å². The third-order valence-electron chi connectivity index (χ3n) is 3.30. The van der Waals surface area contributed by atoms with Crippen molar-refractivity contribution in [1.82, 2.24) is 4.31 Å². The summed E-state index contributed by atoms with van der Waals surface area (Å²) in [5, 5.41) is 0.395. The molecule has 0 spiro atoms. The van der Waals surface area contributed by atoms with E-state index in [-0.39, 0.29) is 21.5 Å². The monoisotopic (exact) mass is 336 g/mol. The molecular formula is C12H14Cl2N2O3S. The number of benzene rings is 1. The summed E-state index contributed by atoms with van der Waals surface area (Å²) < 4.78 is 26.4. The summed E-state index contributed by atoms with van der Waals surface area (Å²) in [5.74, 6) is -0.946. The quantitative estimate of drug-likeness (QED) is 0.914. The molecule has 0 aliphatic carbocycles. The van der Waals surface area contributed by atoms with Gasteiger partial charge in [0.25, 0.3) is 0 Å². The Bertz CT molecular complexity index is 634. The number of nitrogens with zero attached hydrogens (tertiary/aromatic N) is 1. The van der Waals surface area contributed by atoms with Crippen LogP contribution in [0.2, 0.25) is 10.0 Å². The van der Waals surface area contributed by atoms with E-state index >= 15 is 0 Å². The van der Waals surface area contributed by atoms with Crippen LogP contribution in [0, 0.1) is 5.92 Å². The molecule has 110 valence electrons. The largest absolute Gasteiger partial charge is 0.369 e. The molecule has 5 nitrogen and oxygen atoms in total. The van der Waals surface area contributed by atoms with Crippen molar-refractivity contribution >= 4 is 39.1 Å². The molecule has 1 heterocycles. The SMILES string of the molecule is NC(=O)[C@H]1CCCN(S(=O)(=O)c2cc(Cl)ccc2Cl)C1. The van der Waals surface area contributed by atoms with Gasteiger partial charge in [-0.25, -0.2) is 8.42 Å². The Hall–Kier alpha value is -0.820. The number of carbonyl (C=O) groups excluding carboxylic acids is 1. The second kappa shape index (κ2) is 5.89. The standard InChI is InChI=1S/C12H14Cl2N2O3S/c13-9-3-4-10(14)11(6-9)20(18,19)16-5-1-2-8(7-16)12(15)17/h3-4,6,8H,1-2,5,7H2,(H2,15,17)/t8-/m0/s1. The number of hydrogen-bond donors (Lipinski definition) is 1. The highest BCUT2D eigenvalue weighted by Gasteiger charge is 2.33. The van der Waals surface area contributed by atoms with Gasteiger partial charge in [0.2, 0.25) is 15.9 Å². The first-order valence-electron chi connectivity index (χ1n) is 6.07. The molecule has 1 fully saturated rings. The molecule has 2 rings (SSSR count). The van der Waals surface area contributed by atoms with E-state index in [1.807, 2.05) is 0 Å². The molecule has 1 amide bonds. The number of hydrogen-bond acceptors (Lipinski definition) is 3. The highest BCUT2D eigenvalue weighted by molar-refractivity contribution is 7.89. The maximum Gasteiger partial charge on any atom is 0.244 e. The van der Waals surface area contributed by atoms with Crippen molar-refractivity contribution in [1.29, 1.82) is 0 Å². The van der Waals surface area contributed by atoms with Gasteiger partial charge in [-0.05, 0) is 31.0 Å². The molecule has 1 saturated heterocycles. The van der Waals surface area contributed by atoms with Crippen LogP contribution in [0.5, 0.6) is 0 Å². The lowest BCUT2D eigenvalue weighted by Gasteiger charge is -2.30. The fourth-order valence-electron chi connectivity index (χ4n) is 2.21. The van der Waals surface area contributed by atoms with E-state index in [9.17, 15) is 13.2 Å². The molecule has 20 heavy (non-hydrogen) atoms. The van der Waals surface area contributed by atoms with Gasteiger partial charge in [0.05, 0.1) is 10.9 Å². The number of amides is 1. The van der Waals surface area contributed by atoms with Gasteiger partial charge < -0.3 is 5.73 Å². The van der Waals surface area contributed by atoms with Crippen LogP contribution < -0.4 is 5.73 Å². The molecule has 2 N–H and O–H groups in total. The number of halogens is 2. The summed E-state index contributed by atoms with van der Waals surface area (Å²) in [6.45, 7) is 0.426. The second-order valence-corrected chi connectivity index (χ2v) is 7.43. The third-order valence-corrected chi connectivity index (χ3v) is 5.88. The molecule has 1 aliphatic heterocycles. The zero-order valence-corrected chi connectivity index (χ0v) is 12.9. The van der Waals surface area contributed by atoms with Crippen molar-refractivity contribution in [3.8, 4) is 0 Å². The van der Waals surface area contributed by atoms with Crippen LogP contribution in [-0.4, -0.2) is 31.7 Å². The van der Waals surface area contributed by atoms with Gasteiger partial charge in [0.1, 0.15) is 4.90 Å². The summed E-state index contributed by atoms with van der Waals surface area (Å²) in [6, 6.07) is 4.27. The normalized spacial score (nSPS) is 20.8. The summed E-state index contributed by atoms with van der Waals surface area (Å²) in [4.78, 5) is 11.2. The lowest BCUT2D eigenvalue weighted by atomic mass is 9.99. The topological polar surface area (TPSA) is 80.5 Å². The number of primary amides is 1. The van der Waals surface area contributed by atoms with Crippen LogP contribution in [0.15, 0.2) is 23.1 Å². The van der Waals surface area contributed by atoms with E-state index in [4.69, 9.17) is 28.9 Å². The van der Waals surface area contributed by atoms with Crippen LogP contribution in [0.4, 0.5) is 0 Å². The van der Waals surface area contributed by atoms with Crippen molar-refractivity contribution in [3.05, 3.63) is 28.2 Å². The van der Waals surface area contributed by atoms with Gasteiger partial charge in [0, 0.05) is 18.1 Å². The summed E-state index contributed by atoms with van der Waals surface area (Å²) in [7, 11) is -3.77. The van der Waals surface area contributed by atoms with E-state index < -0.39 is 21.8 Å². The lowest BCUT2D eigenvalue weighted by Crippen LogP contribution is -2.44. The molecule has 0 aromatic heterocycles. The van der Waals surface area contributed by atoms with Crippen molar-refractivity contribution < 1.29 is 13.2 Å². The smallest absolute Gasteiger partial charge is 0.244 e. The van der Waals surface area contributed by atoms with Crippen LogP contribution in [-0.2, 0) is 14.8 Å². The first-order valence-corrected chi connectivity index (χ1v) is 8.26. The first kappa shape index (κ1) is 15.6. The lowest BCUT2D eigenvalue weighted by molar-refractivity contribution is -0.122. The minimum atomic E-state index is -3.77. The fourth-order valence-corrected chi connectivity index (χ4v) is 4.47. The zero-order valence-electron chi connectivity index (χ0n) is 10.6. The van der Waals surface area contributed by atoms with E-state index in [1.165, 1.54) is 22.5 Å². The molecular weight excluding hydrogens is 323 g/mol. The first-order chi connectivity index (χ1) is 9.32. The Balaban J connectivity index is 2.35. The summed E-state index contributed by atoms with van der Waals surface area (Å²) in [6.07, 6.45) is 1.19. The van der Waals surface area contributed by atoms with Gasteiger partial charge in [-0.1, -0.05) is 23.2 Å². The minimum absolute atomic E-state index is 0.0446. The Kier molecular flexibility index (Phi) is 4.59. The molecule has 0 saturated carbocycles. The van der Waals surface area contributed by atoms with Crippen LogP contribution in [0.1, 0.15) is 12.8 Å². The predicted octanol–water partition coefficient (Wildman–Crippen LogP) is 1.88. The minimum Gasteiger partial charge on any atom is -0.369 e. The maximum atomic E-state index is 12.6. The predicted molar refractivity (Wildman–Crippen MR) is 77.1 cm³/mol. The Morgan fingerprint density at radius 3 is 2.70 bits per heavy atom. The van der Waals surface area contributed by atoms with Crippen molar-refractivity contribution in [2.45, 2.75) is 17.7 Å². The van der Waals surface area contributed by atoms with Gasteiger partial charge in [-0.2, -0.15) is 4.31 Å². The van der Waals surface area contributed by atoms with Gasteiger partial charge >= 0.3 is 0 Å². The number of nitrogens with two attached hydrogens (primary N) is 1. The Labute approximate surface area is 127 Å². The van der Waals surface area contributed by atoms with E-state index in [2.05, 4.69) is 0 Å².